The molecule has 1 aromatic carbocycles. The van der Waals surface area contributed by atoms with E-state index in [4.69, 9.17) is 28.4 Å². The lowest BCUT2D eigenvalue weighted by Crippen LogP contribution is -2.61. The number of aliphatic hydroxyl groups excluding tert-OH is 2. The van der Waals surface area contributed by atoms with Crippen LogP contribution in [0.5, 0.6) is 0 Å². The predicted octanol–water partition coefficient (Wildman–Crippen LogP) is 5.59. The number of nitrogens with one attached hydrogen (secondary N) is 2. The van der Waals surface area contributed by atoms with Crippen LogP contribution in [0.3, 0.4) is 0 Å². The fourth-order valence-electron chi connectivity index (χ4n) is 12.7. The topological polar surface area (TPSA) is 207 Å². The molecule has 0 amide bonds. The Morgan fingerprint density at radius 1 is 0.973 bits per heavy atom. The SMILES string of the molecule is CC[C@H]1OC(=O)[C@H](C)C([C@H]2C[C@@](C)(OC)[C@@H](O)[C@H](C)O2)[C@H](C)[C@@H](O[C@H]2C[C@@H](N(C)CCC3=CN([C@H](CF)[C@H](OC)c4ccc(-c5cn[nH]c5)cc4)N(C)N3)C[C@@H](C)O2)[C@](C)(O)C[C@@H](C)CN(C)[C@H](C)[C@@H](O)[C@]1(C)O. The van der Waals surface area contributed by atoms with Gasteiger partial charge in [-0.25, -0.2) is 4.39 Å². The van der Waals surface area contributed by atoms with Crippen LogP contribution < -0.4 is 5.43 Å². The van der Waals surface area contributed by atoms with E-state index < -0.39 is 108 Å². The molecule has 1 unspecified atom stereocenters. The van der Waals surface area contributed by atoms with Crippen LogP contribution in [-0.2, 0) is 33.2 Å². The second kappa shape index (κ2) is 25.0. The zero-order valence-electron chi connectivity index (χ0n) is 46.9. The number of carbonyl (C=O) groups excluding carboxylic acids is 1. The van der Waals surface area contributed by atoms with Crippen LogP contribution in [-0.4, -0.2) is 196 Å². The molecule has 2 aromatic rings. The first-order valence-electron chi connectivity index (χ1n) is 26.9. The number of cyclic esters (lactones) is 1. The fraction of sp³-hybridized carbons (Fsp3) is 0.782. The molecule has 19 heteroatoms. The molecular formula is C55H92FN7O11. The summed E-state index contributed by atoms with van der Waals surface area (Å²) in [6.07, 6.45) is 1.17. The summed E-state index contributed by atoms with van der Waals surface area (Å²) in [4.78, 5) is 18.9. The first-order chi connectivity index (χ1) is 34.8. The second-order valence-electron chi connectivity index (χ2n) is 23.1. The summed E-state index contributed by atoms with van der Waals surface area (Å²) >= 11 is 0. The Morgan fingerprint density at radius 2 is 1.66 bits per heavy atom. The molecule has 19 atom stereocenters. The number of ether oxygens (including phenoxy) is 6. The highest BCUT2D eigenvalue weighted by molar-refractivity contribution is 5.73. The molecule has 6 N–H and O–H groups in total. The molecule has 74 heavy (non-hydrogen) atoms. The lowest BCUT2D eigenvalue weighted by atomic mass is 9.68. The molecule has 3 saturated heterocycles. The molecule has 0 spiro atoms. The average Bonchev–Trinajstić information content (AvgIpc) is 4.03. The van der Waals surface area contributed by atoms with Crippen molar-refractivity contribution in [3.8, 4) is 11.1 Å². The number of halogens is 1. The van der Waals surface area contributed by atoms with E-state index in [1.165, 1.54) is 6.92 Å². The zero-order chi connectivity index (χ0) is 54.6. The fourth-order valence-corrected chi connectivity index (χ4v) is 12.7. The number of methoxy groups -OCH3 is 2. The maximum atomic E-state index is 15.1. The number of rotatable bonds is 15. The molecular weight excluding hydrogens is 954 g/mol. The predicted molar refractivity (Wildman–Crippen MR) is 279 cm³/mol. The van der Waals surface area contributed by atoms with Gasteiger partial charge in [0, 0.05) is 95.3 Å². The average molecular weight is 1050 g/mol. The number of alkyl halides is 1. The Hall–Kier alpha value is -3.31. The highest BCUT2D eigenvalue weighted by Crippen LogP contribution is 2.45. The third kappa shape index (κ3) is 13.3. The number of likely N-dealkylation sites (N-methyl/N-ethyl adjacent to an activating group) is 1. The molecule has 0 bridgehead atoms. The lowest BCUT2D eigenvalue weighted by Gasteiger charge is -2.51. The van der Waals surface area contributed by atoms with E-state index in [0.717, 1.165) is 28.8 Å². The normalized spacial score (nSPS) is 39.4. The first-order valence-corrected chi connectivity index (χ1v) is 26.9. The summed E-state index contributed by atoms with van der Waals surface area (Å²) in [5, 5.41) is 58.5. The molecule has 0 aliphatic carbocycles. The molecule has 0 radical (unpaired) electrons. The molecule has 4 aliphatic heterocycles. The molecule has 18 nitrogen and oxygen atoms in total. The van der Waals surface area contributed by atoms with Crippen molar-refractivity contribution in [1.82, 2.24) is 35.5 Å². The van der Waals surface area contributed by atoms with Crippen molar-refractivity contribution in [2.75, 3.05) is 55.1 Å². The van der Waals surface area contributed by atoms with Gasteiger partial charge >= 0.3 is 5.97 Å². The van der Waals surface area contributed by atoms with Crippen LogP contribution in [0, 0.1) is 23.7 Å². The number of hydrazine groups is 2. The number of nitrogens with zero attached hydrogens (tertiary/aromatic N) is 5. The highest BCUT2D eigenvalue weighted by Gasteiger charge is 2.54. The minimum absolute atomic E-state index is 0.0268. The van der Waals surface area contributed by atoms with Crippen molar-refractivity contribution < 1.29 is 58.0 Å². The van der Waals surface area contributed by atoms with Gasteiger partial charge in [-0.05, 0) is 97.9 Å². The van der Waals surface area contributed by atoms with Crippen LogP contribution in [0.1, 0.15) is 119 Å². The summed E-state index contributed by atoms with van der Waals surface area (Å²) < 4.78 is 53.7. The van der Waals surface area contributed by atoms with Crippen molar-refractivity contribution in [3.05, 3.63) is 54.1 Å². The molecule has 420 valence electrons. The monoisotopic (exact) mass is 1050 g/mol. The summed E-state index contributed by atoms with van der Waals surface area (Å²) in [5.74, 6) is -2.82. The number of carbonyl (C=O) groups is 1. The van der Waals surface area contributed by atoms with Crippen molar-refractivity contribution >= 4 is 5.97 Å². The van der Waals surface area contributed by atoms with Crippen LogP contribution in [0.4, 0.5) is 4.39 Å². The maximum absolute atomic E-state index is 15.1. The minimum atomic E-state index is -1.80. The summed E-state index contributed by atoms with van der Waals surface area (Å²) in [6, 6.07) is 6.75. The van der Waals surface area contributed by atoms with Gasteiger partial charge in [-0.3, -0.25) is 14.9 Å². The number of H-pyrrole nitrogens is 1. The van der Waals surface area contributed by atoms with E-state index in [1.54, 1.807) is 46.3 Å². The second-order valence-corrected chi connectivity index (χ2v) is 23.1. The highest BCUT2D eigenvalue weighted by atomic mass is 19.1. The van der Waals surface area contributed by atoms with E-state index >= 15 is 4.39 Å². The maximum Gasteiger partial charge on any atom is 0.309 e. The van der Waals surface area contributed by atoms with E-state index in [2.05, 4.69) is 27.6 Å². The smallest absolute Gasteiger partial charge is 0.309 e. The Labute approximate surface area is 440 Å². The third-order valence-corrected chi connectivity index (χ3v) is 17.2. The number of aromatic amines is 1. The first kappa shape index (κ1) is 59.9. The Bertz CT molecular complexity index is 2100. The quantitative estimate of drug-likeness (QED) is 0.120. The van der Waals surface area contributed by atoms with Crippen LogP contribution in [0.25, 0.3) is 11.1 Å². The van der Waals surface area contributed by atoms with Crippen molar-refractivity contribution in [2.24, 2.45) is 23.7 Å². The molecule has 4 aliphatic rings. The Kier molecular flexibility index (Phi) is 20.2. The molecule has 3 fully saturated rings. The standard InChI is InChI=1S/C55H92FN7O11/c1-16-45-55(10,68)49(64)36(6)61(12)30-32(2)25-53(8,67)51(34(4)47(35(5)52(66)73-45)44-26-54(9,70-15)50(65)37(7)72-44)74-46-24-42(23-33(3)71-46)60(11)22-21-41-31-63(62(13)59-41)43(27-56)48(69-14)39-19-17-38(18-20-39)40-28-57-58-29-40/h17-20,28-29,31-37,42-51,59,64-65,67-68H,16,21-27,30H2,1-15H3,(H,57,58)/t32-,33-,34+,35-,36-,37+,42+,43-,44-,45-,46+,47?,48-,49-,50+,51-,53-,54-,55-/m1/s1. The number of hydrogen-bond donors (Lipinski definition) is 6. The number of hydrogen-bond acceptors (Lipinski definition) is 17. The largest absolute Gasteiger partial charge is 0.459 e. The molecule has 5 heterocycles. The van der Waals surface area contributed by atoms with E-state index in [0.29, 0.717) is 25.9 Å². The summed E-state index contributed by atoms with van der Waals surface area (Å²) in [6.45, 7) is 18.9. The van der Waals surface area contributed by atoms with Gasteiger partial charge in [-0.2, -0.15) is 5.10 Å². The van der Waals surface area contributed by atoms with Gasteiger partial charge < -0.3 is 64.1 Å². The third-order valence-electron chi connectivity index (χ3n) is 17.2. The molecule has 1 aromatic heterocycles. The Morgan fingerprint density at radius 3 is 2.27 bits per heavy atom. The number of benzene rings is 1. The van der Waals surface area contributed by atoms with Gasteiger partial charge in [0.05, 0.1) is 47.7 Å². The summed E-state index contributed by atoms with van der Waals surface area (Å²) in [7, 11) is 8.98. The van der Waals surface area contributed by atoms with E-state index in [-0.39, 0.29) is 37.3 Å². The van der Waals surface area contributed by atoms with Gasteiger partial charge in [0.25, 0.3) is 0 Å². The van der Waals surface area contributed by atoms with Gasteiger partial charge in [0.15, 0.2) is 6.29 Å². The zero-order valence-corrected chi connectivity index (χ0v) is 46.9. The van der Waals surface area contributed by atoms with Gasteiger partial charge in [0.1, 0.15) is 42.7 Å². The van der Waals surface area contributed by atoms with Crippen molar-refractivity contribution in [1.29, 1.82) is 0 Å². The van der Waals surface area contributed by atoms with Gasteiger partial charge in [-0.15, -0.1) is 5.12 Å². The number of esters is 1. The number of aromatic nitrogens is 2. The van der Waals surface area contributed by atoms with Crippen LogP contribution >= 0.6 is 0 Å². The minimum Gasteiger partial charge on any atom is -0.459 e. The number of aliphatic hydroxyl groups is 4. The lowest BCUT2D eigenvalue weighted by molar-refractivity contribution is -0.275. The van der Waals surface area contributed by atoms with E-state index in [1.807, 2.05) is 102 Å². The van der Waals surface area contributed by atoms with Crippen molar-refractivity contribution in [2.45, 2.75) is 198 Å². The van der Waals surface area contributed by atoms with Crippen molar-refractivity contribution in [3.63, 3.8) is 0 Å². The summed E-state index contributed by atoms with van der Waals surface area (Å²) in [5.41, 5.74) is 2.84. The van der Waals surface area contributed by atoms with E-state index in [9.17, 15) is 25.2 Å². The molecule has 6 rings (SSSR count). The van der Waals surface area contributed by atoms with Crippen LogP contribution in [0.15, 0.2) is 48.6 Å². The van der Waals surface area contributed by atoms with Crippen LogP contribution in [0.2, 0.25) is 0 Å². The molecule has 0 saturated carbocycles. The van der Waals surface area contributed by atoms with Gasteiger partial charge in [0.2, 0.25) is 0 Å². The van der Waals surface area contributed by atoms with Gasteiger partial charge in [-0.1, -0.05) is 52.0 Å². The Balaban J connectivity index is 1.25.